The molecule has 3 aromatic rings. The van der Waals surface area contributed by atoms with Crippen LogP contribution >= 0.6 is 23.2 Å². The molecule has 3 rings (SSSR count). The van der Waals surface area contributed by atoms with Gasteiger partial charge in [0.2, 0.25) is 0 Å². The van der Waals surface area contributed by atoms with Gasteiger partial charge in [-0.2, -0.15) is 0 Å². The predicted octanol–water partition coefficient (Wildman–Crippen LogP) is 7.31. The number of aryl methyl sites for hydroxylation is 1. The molecule has 3 nitrogen and oxygen atoms in total. The first-order valence-corrected chi connectivity index (χ1v) is 10.2. The van der Waals surface area contributed by atoms with Gasteiger partial charge in [0.15, 0.2) is 0 Å². The van der Waals surface area contributed by atoms with E-state index in [9.17, 15) is 4.79 Å². The van der Waals surface area contributed by atoms with E-state index >= 15 is 0 Å². The van der Waals surface area contributed by atoms with E-state index in [1.807, 2.05) is 66.7 Å². The van der Waals surface area contributed by atoms with E-state index in [1.165, 1.54) is 5.56 Å². The molecule has 0 bridgehead atoms. The number of hydrogen-bond acceptors (Lipinski definition) is 1. The summed E-state index contributed by atoms with van der Waals surface area (Å²) in [6.07, 6.45) is 4.92. The summed E-state index contributed by atoms with van der Waals surface area (Å²) in [5.74, 6) is 0. The van der Waals surface area contributed by atoms with Crippen LogP contribution in [0.5, 0.6) is 0 Å². The summed E-state index contributed by atoms with van der Waals surface area (Å²) >= 11 is 12.0. The van der Waals surface area contributed by atoms with Gasteiger partial charge in [0.05, 0.1) is 10.0 Å². The van der Waals surface area contributed by atoms with Crippen molar-refractivity contribution < 1.29 is 4.79 Å². The number of carbonyl (C=O) groups is 1. The van der Waals surface area contributed by atoms with Crippen molar-refractivity contribution in [2.45, 2.75) is 13.3 Å². The van der Waals surface area contributed by atoms with Gasteiger partial charge in [0, 0.05) is 17.9 Å². The smallest absolute Gasteiger partial charge is 0.307 e. The van der Waals surface area contributed by atoms with Crippen LogP contribution in [0.2, 0.25) is 10.0 Å². The minimum atomic E-state index is -0.245. The lowest BCUT2D eigenvalue weighted by atomic mass is 10.1. The monoisotopic (exact) mass is 424 g/mol. The van der Waals surface area contributed by atoms with E-state index in [4.69, 9.17) is 23.2 Å². The normalized spacial score (nSPS) is 10.9. The summed E-state index contributed by atoms with van der Waals surface area (Å²) in [4.78, 5) is 14.7. The first-order chi connectivity index (χ1) is 14.1. The molecule has 0 saturated heterocycles. The van der Waals surface area contributed by atoms with Crippen molar-refractivity contribution in [3.05, 3.63) is 100 Å². The van der Waals surface area contributed by atoms with Crippen molar-refractivity contribution in [2.24, 2.45) is 0 Å². The lowest BCUT2D eigenvalue weighted by Gasteiger charge is -2.22. The maximum absolute atomic E-state index is 13.0. The van der Waals surface area contributed by atoms with Crippen LogP contribution in [-0.2, 0) is 6.42 Å². The van der Waals surface area contributed by atoms with Crippen LogP contribution < -0.4 is 10.2 Å². The van der Waals surface area contributed by atoms with Crippen LogP contribution in [0, 0.1) is 0 Å². The lowest BCUT2D eigenvalue weighted by Crippen LogP contribution is -2.35. The van der Waals surface area contributed by atoms with Gasteiger partial charge in [-0.15, -0.1) is 0 Å². The van der Waals surface area contributed by atoms with E-state index in [-0.39, 0.29) is 6.03 Å². The quantitative estimate of drug-likeness (QED) is 0.441. The summed E-state index contributed by atoms with van der Waals surface area (Å²) in [6, 6.07) is 22.8. The van der Waals surface area contributed by atoms with Crippen LogP contribution in [0.3, 0.4) is 0 Å². The van der Waals surface area contributed by atoms with Crippen molar-refractivity contribution in [3.63, 3.8) is 0 Å². The predicted molar refractivity (Wildman–Crippen MR) is 124 cm³/mol. The Morgan fingerprint density at radius 1 is 0.966 bits per heavy atom. The molecule has 0 aliphatic carbocycles. The second-order valence-electron chi connectivity index (χ2n) is 6.50. The number of carbonyl (C=O) groups excluding carboxylic acids is 1. The molecular weight excluding hydrogens is 403 g/mol. The Kier molecular flexibility index (Phi) is 7.34. The summed E-state index contributed by atoms with van der Waals surface area (Å²) in [7, 11) is 0. The Hall–Kier alpha value is -2.75. The zero-order valence-electron chi connectivity index (χ0n) is 16.1. The first kappa shape index (κ1) is 21.0. The second-order valence-corrected chi connectivity index (χ2v) is 7.32. The number of halogens is 2. The summed E-state index contributed by atoms with van der Waals surface area (Å²) in [5.41, 5.74) is 3.71. The maximum atomic E-state index is 13.0. The molecule has 0 aliphatic rings. The topological polar surface area (TPSA) is 32.3 Å². The molecule has 1 N–H and O–H groups in total. The zero-order chi connectivity index (χ0) is 20.6. The SMILES string of the molecule is CCc1ccc(N(C/C=C/c2ccccc2)C(=O)Nc2ccc(Cl)c(Cl)c2)cc1. The third kappa shape index (κ3) is 5.86. The number of nitrogens with zero attached hydrogens (tertiary/aromatic N) is 1. The van der Waals surface area contributed by atoms with Crippen LogP contribution in [0.4, 0.5) is 16.2 Å². The van der Waals surface area contributed by atoms with Crippen molar-refractivity contribution in [2.75, 3.05) is 16.8 Å². The molecule has 0 heterocycles. The van der Waals surface area contributed by atoms with Crippen LogP contribution in [-0.4, -0.2) is 12.6 Å². The van der Waals surface area contributed by atoms with Gasteiger partial charge in [0.25, 0.3) is 0 Å². The van der Waals surface area contributed by atoms with E-state index in [2.05, 4.69) is 12.2 Å². The highest BCUT2D eigenvalue weighted by Crippen LogP contribution is 2.26. The minimum absolute atomic E-state index is 0.245. The summed E-state index contributed by atoms with van der Waals surface area (Å²) in [5, 5.41) is 3.74. The standard InChI is InChI=1S/C24H22Cl2N2O/c1-2-18-10-13-21(14-11-18)28(16-6-9-19-7-4-3-5-8-19)24(29)27-20-12-15-22(25)23(26)17-20/h3-15,17H,2,16H2,1H3,(H,27,29)/b9-6+. The Morgan fingerprint density at radius 2 is 1.69 bits per heavy atom. The summed E-state index contributed by atoms with van der Waals surface area (Å²) in [6.45, 7) is 2.53. The van der Waals surface area contributed by atoms with Crippen molar-refractivity contribution in [3.8, 4) is 0 Å². The van der Waals surface area contributed by atoms with Gasteiger partial charge in [0.1, 0.15) is 0 Å². The minimum Gasteiger partial charge on any atom is -0.307 e. The molecule has 0 radical (unpaired) electrons. The number of anilines is 2. The molecule has 29 heavy (non-hydrogen) atoms. The van der Waals surface area contributed by atoms with Crippen LogP contribution in [0.15, 0.2) is 78.9 Å². The van der Waals surface area contributed by atoms with Crippen LogP contribution in [0.1, 0.15) is 18.1 Å². The molecule has 2 amide bonds. The average Bonchev–Trinajstić information content (AvgIpc) is 2.75. The van der Waals surface area contributed by atoms with E-state index < -0.39 is 0 Å². The maximum Gasteiger partial charge on any atom is 0.326 e. The fraction of sp³-hybridized carbons (Fsp3) is 0.125. The third-order valence-electron chi connectivity index (χ3n) is 4.47. The molecule has 5 heteroatoms. The van der Waals surface area contributed by atoms with Gasteiger partial charge in [-0.3, -0.25) is 4.90 Å². The lowest BCUT2D eigenvalue weighted by molar-refractivity contribution is 0.257. The van der Waals surface area contributed by atoms with Gasteiger partial charge < -0.3 is 5.32 Å². The molecule has 3 aromatic carbocycles. The average molecular weight is 425 g/mol. The molecule has 0 fully saturated rings. The van der Waals surface area contributed by atoms with Crippen LogP contribution in [0.25, 0.3) is 6.08 Å². The van der Waals surface area contributed by atoms with Gasteiger partial charge in [-0.1, -0.05) is 84.7 Å². The molecule has 0 unspecified atom stereocenters. The van der Waals surface area contributed by atoms with Crippen molar-refractivity contribution >= 4 is 46.7 Å². The zero-order valence-corrected chi connectivity index (χ0v) is 17.6. The highest BCUT2D eigenvalue weighted by atomic mass is 35.5. The van der Waals surface area contributed by atoms with Gasteiger partial charge in [-0.25, -0.2) is 4.79 Å². The number of rotatable bonds is 6. The highest BCUT2D eigenvalue weighted by molar-refractivity contribution is 6.42. The second kappa shape index (κ2) is 10.1. The van der Waals surface area contributed by atoms with E-state index in [1.54, 1.807) is 23.1 Å². The van der Waals surface area contributed by atoms with E-state index in [0.717, 1.165) is 17.7 Å². The Balaban J connectivity index is 1.81. The fourth-order valence-electron chi connectivity index (χ4n) is 2.84. The van der Waals surface area contributed by atoms with Crippen molar-refractivity contribution in [1.82, 2.24) is 0 Å². The van der Waals surface area contributed by atoms with Gasteiger partial charge in [-0.05, 0) is 47.9 Å². The Bertz CT molecular complexity index is 986. The molecular formula is C24H22Cl2N2O. The Morgan fingerprint density at radius 3 is 2.34 bits per heavy atom. The highest BCUT2D eigenvalue weighted by Gasteiger charge is 2.15. The Labute approximate surface area is 181 Å². The molecule has 0 atom stereocenters. The molecule has 0 saturated carbocycles. The molecule has 0 aromatic heterocycles. The number of nitrogens with one attached hydrogen (secondary N) is 1. The largest absolute Gasteiger partial charge is 0.326 e. The summed E-state index contributed by atoms with van der Waals surface area (Å²) < 4.78 is 0. The van der Waals surface area contributed by atoms with Crippen molar-refractivity contribution in [1.29, 1.82) is 0 Å². The number of hydrogen-bond donors (Lipinski definition) is 1. The first-order valence-electron chi connectivity index (χ1n) is 9.41. The fourth-order valence-corrected chi connectivity index (χ4v) is 3.14. The molecule has 0 aliphatic heterocycles. The molecule has 148 valence electrons. The number of amides is 2. The number of urea groups is 1. The number of benzene rings is 3. The van der Waals surface area contributed by atoms with Gasteiger partial charge >= 0.3 is 6.03 Å². The third-order valence-corrected chi connectivity index (χ3v) is 5.21. The molecule has 0 spiro atoms. The van der Waals surface area contributed by atoms with E-state index in [0.29, 0.717) is 22.3 Å².